The van der Waals surface area contributed by atoms with Crippen molar-refractivity contribution in [3.63, 3.8) is 0 Å². The Hall–Kier alpha value is -0.775. The summed E-state index contributed by atoms with van der Waals surface area (Å²) in [4.78, 5) is 0. The van der Waals surface area contributed by atoms with Crippen LogP contribution in [0.5, 0.6) is 0 Å². The molecule has 0 atom stereocenters. The highest BCUT2D eigenvalue weighted by Gasteiger charge is 2.15. The largest absolute Gasteiger partial charge is 0.526 e. The second-order valence-electron chi connectivity index (χ2n) is 2.11. The standard InChI is InChI=1S/C6H9BO4/c1-10-4-5-2-3-6(11-5)7(8)9/h2-3,8-9H,4H2,1H3. The molecule has 11 heavy (non-hydrogen) atoms. The van der Waals surface area contributed by atoms with Crippen molar-refractivity contribution in [2.75, 3.05) is 7.11 Å². The molecule has 1 aromatic heterocycles. The molecule has 0 aromatic carbocycles. The Bertz CT molecular complexity index is 220. The van der Waals surface area contributed by atoms with Crippen LogP contribution in [0.4, 0.5) is 0 Å². The van der Waals surface area contributed by atoms with E-state index in [-0.39, 0.29) is 5.66 Å². The van der Waals surface area contributed by atoms with Crippen molar-refractivity contribution in [1.29, 1.82) is 0 Å². The highest BCUT2D eigenvalue weighted by Crippen LogP contribution is 1.99. The lowest BCUT2D eigenvalue weighted by atomic mass is 9.88. The van der Waals surface area contributed by atoms with Crippen LogP contribution in [0.2, 0.25) is 0 Å². The first-order chi connectivity index (χ1) is 5.24. The molecule has 2 N–H and O–H groups in total. The number of ether oxygens (including phenoxy) is 1. The third kappa shape index (κ3) is 2.08. The van der Waals surface area contributed by atoms with E-state index >= 15 is 0 Å². The molecule has 1 rings (SSSR count). The molecule has 0 aliphatic heterocycles. The van der Waals surface area contributed by atoms with Crippen molar-refractivity contribution in [1.82, 2.24) is 0 Å². The second kappa shape index (κ2) is 3.57. The molecule has 0 radical (unpaired) electrons. The zero-order chi connectivity index (χ0) is 8.27. The molecule has 0 saturated carbocycles. The van der Waals surface area contributed by atoms with Gasteiger partial charge in [-0.05, 0) is 12.1 Å². The summed E-state index contributed by atoms with van der Waals surface area (Å²) in [6.07, 6.45) is 0. The zero-order valence-corrected chi connectivity index (χ0v) is 6.15. The third-order valence-corrected chi connectivity index (χ3v) is 1.22. The van der Waals surface area contributed by atoms with E-state index in [2.05, 4.69) is 0 Å². The van der Waals surface area contributed by atoms with E-state index in [1.807, 2.05) is 0 Å². The summed E-state index contributed by atoms with van der Waals surface area (Å²) in [7, 11) is -0.00185. The van der Waals surface area contributed by atoms with E-state index in [4.69, 9.17) is 19.2 Å². The van der Waals surface area contributed by atoms with Crippen molar-refractivity contribution in [3.05, 3.63) is 17.9 Å². The van der Waals surface area contributed by atoms with Gasteiger partial charge in [-0.3, -0.25) is 0 Å². The minimum atomic E-state index is -1.54. The van der Waals surface area contributed by atoms with Gasteiger partial charge in [0.05, 0.1) is 0 Å². The molecule has 0 saturated heterocycles. The van der Waals surface area contributed by atoms with Gasteiger partial charge < -0.3 is 19.2 Å². The fourth-order valence-electron chi connectivity index (χ4n) is 0.753. The molecule has 0 unspecified atom stereocenters. The summed E-state index contributed by atoms with van der Waals surface area (Å²) in [5, 5.41) is 17.3. The van der Waals surface area contributed by atoms with Gasteiger partial charge in [-0.2, -0.15) is 0 Å². The molecule has 0 spiro atoms. The van der Waals surface area contributed by atoms with E-state index in [0.29, 0.717) is 12.4 Å². The van der Waals surface area contributed by atoms with Gasteiger partial charge in [0, 0.05) is 7.11 Å². The smallest absolute Gasteiger partial charge is 0.467 e. The number of rotatable bonds is 3. The summed E-state index contributed by atoms with van der Waals surface area (Å²) in [6, 6.07) is 3.14. The Balaban J connectivity index is 2.66. The van der Waals surface area contributed by atoms with Crippen LogP contribution in [-0.2, 0) is 11.3 Å². The maximum absolute atomic E-state index is 8.63. The molecule has 4 nitrogen and oxygen atoms in total. The first-order valence-corrected chi connectivity index (χ1v) is 3.17. The van der Waals surface area contributed by atoms with Crippen molar-refractivity contribution < 1.29 is 19.2 Å². The number of furan rings is 1. The van der Waals surface area contributed by atoms with Gasteiger partial charge in [-0.15, -0.1) is 0 Å². The quantitative estimate of drug-likeness (QED) is 0.557. The van der Waals surface area contributed by atoms with Crippen LogP contribution in [0.3, 0.4) is 0 Å². The predicted octanol–water partition coefficient (Wildman–Crippen LogP) is -0.894. The van der Waals surface area contributed by atoms with Crippen LogP contribution in [0, 0.1) is 0 Å². The van der Waals surface area contributed by atoms with E-state index in [1.54, 1.807) is 6.07 Å². The van der Waals surface area contributed by atoms with Crippen molar-refractivity contribution in [3.8, 4) is 0 Å². The Morgan fingerprint density at radius 3 is 2.73 bits per heavy atom. The number of hydrogen-bond donors (Lipinski definition) is 2. The highest BCUT2D eigenvalue weighted by atomic mass is 16.5. The maximum Gasteiger partial charge on any atom is 0.526 e. The van der Waals surface area contributed by atoms with Gasteiger partial charge in [0.25, 0.3) is 0 Å². The normalized spacial score (nSPS) is 10.1. The molecular weight excluding hydrogens is 147 g/mol. The summed E-state index contributed by atoms with van der Waals surface area (Å²) < 4.78 is 9.72. The average molecular weight is 156 g/mol. The lowest BCUT2D eigenvalue weighted by molar-refractivity contribution is 0.165. The lowest BCUT2D eigenvalue weighted by Crippen LogP contribution is -2.28. The maximum atomic E-state index is 8.63. The van der Waals surface area contributed by atoms with Gasteiger partial charge in [-0.1, -0.05) is 0 Å². The van der Waals surface area contributed by atoms with Gasteiger partial charge >= 0.3 is 7.12 Å². The summed E-state index contributed by atoms with van der Waals surface area (Å²) in [5.41, 5.74) is 0.136. The lowest BCUT2D eigenvalue weighted by Gasteiger charge is -1.93. The number of hydrogen-bond acceptors (Lipinski definition) is 4. The fourth-order valence-corrected chi connectivity index (χ4v) is 0.753. The monoisotopic (exact) mass is 156 g/mol. The van der Waals surface area contributed by atoms with Gasteiger partial charge in [0.1, 0.15) is 18.0 Å². The topological polar surface area (TPSA) is 62.8 Å². The zero-order valence-electron chi connectivity index (χ0n) is 6.15. The Kier molecular flexibility index (Phi) is 2.70. The Labute approximate surface area is 64.6 Å². The highest BCUT2D eigenvalue weighted by molar-refractivity contribution is 6.56. The molecule has 0 fully saturated rings. The van der Waals surface area contributed by atoms with Gasteiger partial charge in [-0.25, -0.2) is 0 Å². The molecule has 1 aromatic rings. The summed E-state index contributed by atoms with van der Waals surface area (Å²) in [5.74, 6) is 0.579. The van der Waals surface area contributed by atoms with Crippen molar-refractivity contribution in [2.24, 2.45) is 0 Å². The van der Waals surface area contributed by atoms with Gasteiger partial charge in [0.15, 0.2) is 0 Å². The van der Waals surface area contributed by atoms with E-state index in [9.17, 15) is 0 Å². The molecule has 0 aliphatic carbocycles. The molecule has 0 aliphatic rings. The van der Waals surface area contributed by atoms with Crippen LogP contribution >= 0.6 is 0 Å². The molecule has 0 amide bonds. The van der Waals surface area contributed by atoms with Gasteiger partial charge in [0.2, 0.25) is 0 Å². The van der Waals surface area contributed by atoms with E-state index < -0.39 is 7.12 Å². The molecule has 1 heterocycles. The van der Waals surface area contributed by atoms with Crippen LogP contribution in [0.25, 0.3) is 0 Å². The van der Waals surface area contributed by atoms with Crippen LogP contribution in [0.1, 0.15) is 5.76 Å². The average Bonchev–Trinajstić information content (AvgIpc) is 2.37. The predicted molar refractivity (Wildman–Crippen MR) is 39.2 cm³/mol. The fraction of sp³-hybridized carbons (Fsp3) is 0.333. The first kappa shape index (κ1) is 8.32. The summed E-state index contributed by atoms with van der Waals surface area (Å²) in [6.45, 7) is 0.340. The minimum absolute atomic E-state index is 0.136. The Morgan fingerprint density at radius 1 is 1.55 bits per heavy atom. The first-order valence-electron chi connectivity index (χ1n) is 3.17. The van der Waals surface area contributed by atoms with Crippen LogP contribution < -0.4 is 5.66 Å². The minimum Gasteiger partial charge on any atom is -0.467 e. The van der Waals surface area contributed by atoms with Crippen LogP contribution in [-0.4, -0.2) is 24.3 Å². The molecule has 5 heteroatoms. The van der Waals surface area contributed by atoms with Crippen LogP contribution in [0.15, 0.2) is 16.5 Å². The van der Waals surface area contributed by atoms with E-state index in [0.717, 1.165) is 0 Å². The summed E-state index contributed by atoms with van der Waals surface area (Å²) >= 11 is 0. The molecule has 0 bridgehead atoms. The van der Waals surface area contributed by atoms with E-state index in [1.165, 1.54) is 13.2 Å². The molecular formula is C6H9BO4. The third-order valence-electron chi connectivity index (χ3n) is 1.22. The van der Waals surface area contributed by atoms with Crippen molar-refractivity contribution >= 4 is 12.8 Å². The SMILES string of the molecule is COCc1ccc(B(O)O)o1. The Morgan fingerprint density at radius 2 is 2.27 bits per heavy atom. The number of methoxy groups -OCH3 is 1. The molecule has 60 valence electrons. The second-order valence-corrected chi connectivity index (χ2v) is 2.11. The van der Waals surface area contributed by atoms with Crippen molar-refractivity contribution in [2.45, 2.75) is 6.61 Å².